The van der Waals surface area contributed by atoms with Gasteiger partial charge in [-0.1, -0.05) is 36.8 Å². The van der Waals surface area contributed by atoms with Crippen LogP contribution in [0.15, 0.2) is 42.5 Å². The summed E-state index contributed by atoms with van der Waals surface area (Å²) in [5.41, 5.74) is 0.481. The molecule has 0 spiro atoms. The molecule has 0 radical (unpaired) electrons. The van der Waals surface area contributed by atoms with Gasteiger partial charge in [-0.3, -0.25) is 9.59 Å². The molecule has 2 bridgehead atoms. The van der Waals surface area contributed by atoms with Crippen LogP contribution in [-0.2, 0) is 4.79 Å². The molecule has 2 fully saturated rings. The van der Waals surface area contributed by atoms with Gasteiger partial charge in [0.05, 0.1) is 6.61 Å². The number of hydrogen-bond donors (Lipinski definition) is 3. The molecule has 0 aromatic heterocycles. The topological polar surface area (TPSA) is 78.4 Å². The van der Waals surface area contributed by atoms with E-state index in [9.17, 15) is 14.7 Å². The second kappa shape index (κ2) is 7.08. The molecule has 0 aliphatic heterocycles. The minimum Gasteiger partial charge on any atom is -0.394 e. The first kappa shape index (κ1) is 17.0. The Balaban J connectivity index is 1.41. The van der Waals surface area contributed by atoms with Crippen LogP contribution in [0.5, 0.6) is 0 Å². The number of carbonyl (C=O) groups is 2. The standard InChI is InChI=1S/C21H24N2O3/c24-12-19(21(26)22-18-10-13-5-6-16(18)9-13)23-20(25)17-8-7-14-3-1-2-4-15(14)11-17/h1-4,7-8,11,13,16,18-19,24H,5-6,9-10,12H2,(H,22,26)(H,23,25)/t13?,16?,18?,19-/m0/s1. The van der Waals surface area contributed by atoms with Crippen LogP contribution in [0, 0.1) is 11.8 Å². The quantitative estimate of drug-likeness (QED) is 0.772. The smallest absolute Gasteiger partial charge is 0.252 e. The zero-order valence-electron chi connectivity index (χ0n) is 14.7. The fourth-order valence-electron chi connectivity index (χ4n) is 4.47. The average molecular weight is 352 g/mol. The second-order valence-electron chi connectivity index (χ2n) is 7.56. The fraction of sp³-hybridized carbons (Fsp3) is 0.429. The lowest BCUT2D eigenvalue weighted by molar-refractivity contribution is -0.124. The molecule has 5 nitrogen and oxygen atoms in total. The zero-order chi connectivity index (χ0) is 18.1. The fourth-order valence-corrected chi connectivity index (χ4v) is 4.47. The lowest BCUT2D eigenvalue weighted by atomic mass is 9.95. The van der Waals surface area contributed by atoms with Crippen molar-refractivity contribution in [2.24, 2.45) is 11.8 Å². The molecule has 0 heterocycles. The van der Waals surface area contributed by atoms with Gasteiger partial charge in [0, 0.05) is 11.6 Å². The number of nitrogens with one attached hydrogen (secondary N) is 2. The molecular weight excluding hydrogens is 328 g/mol. The third-order valence-corrected chi connectivity index (χ3v) is 5.88. The minimum absolute atomic E-state index is 0.188. The van der Waals surface area contributed by atoms with Crippen molar-refractivity contribution < 1.29 is 14.7 Å². The summed E-state index contributed by atoms with van der Waals surface area (Å²) in [6.45, 7) is -0.411. The Hall–Kier alpha value is -2.40. The summed E-state index contributed by atoms with van der Waals surface area (Å²) in [5, 5.41) is 17.3. The Morgan fingerprint density at radius 2 is 1.88 bits per heavy atom. The molecule has 2 aromatic rings. The molecule has 2 amide bonds. The molecule has 2 saturated carbocycles. The van der Waals surface area contributed by atoms with Crippen molar-refractivity contribution in [3.63, 3.8) is 0 Å². The number of carbonyl (C=O) groups excluding carboxylic acids is 2. The van der Waals surface area contributed by atoms with Crippen LogP contribution in [0.4, 0.5) is 0 Å². The number of benzene rings is 2. The summed E-state index contributed by atoms with van der Waals surface area (Å²) in [6, 6.07) is 12.5. The Kier molecular flexibility index (Phi) is 4.64. The maximum absolute atomic E-state index is 12.5. The van der Waals surface area contributed by atoms with Crippen molar-refractivity contribution in [3.8, 4) is 0 Å². The lowest BCUT2D eigenvalue weighted by Crippen LogP contribution is -2.52. The van der Waals surface area contributed by atoms with Crippen molar-refractivity contribution in [3.05, 3.63) is 48.0 Å². The van der Waals surface area contributed by atoms with Gasteiger partial charge >= 0.3 is 0 Å². The van der Waals surface area contributed by atoms with Crippen molar-refractivity contribution in [1.82, 2.24) is 10.6 Å². The highest BCUT2D eigenvalue weighted by molar-refractivity contribution is 6.00. The Bertz CT molecular complexity index is 835. The van der Waals surface area contributed by atoms with Crippen molar-refractivity contribution in [1.29, 1.82) is 0 Å². The van der Waals surface area contributed by atoms with E-state index in [1.807, 2.05) is 30.3 Å². The van der Waals surface area contributed by atoms with E-state index in [0.717, 1.165) is 23.1 Å². The van der Waals surface area contributed by atoms with Gasteiger partial charge in [0.25, 0.3) is 5.91 Å². The lowest BCUT2D eigenvalue weighted by Gasteiger charge is -2.25. The molecular formula is C21H24N2O3. The first-order valence-electron chi connectivity index (χ1n) is 9.35. The molecule has 26 heavy (non-hydrogen) atoms. The van der Waals surface area contributed by atoms with Crippen LogP contribution in [0.25, 0.3) is 10.8 Å². The van der Waals surface area contributed by atoms with E-state index in [-0.39, 0.29) is 17.9 Å². The van der Waals surface area contributed by atoms with Crippen LogP contribution in [0.1, 0.15) is 36.0 Å². The first-order chi connectivity index (χ1) is 12.6. The van der Waals surface area contributed by atoms with Gasteiger partial charge in [0.2, 0.25) is 5.91 Å². The van der Waals surface area contributed by atoms with E-state index in [1.165, 1.54) is 19.3 Å². The molecule has 2 aliphatic rings. The van der Waals surface area contributed by atoms with Crippen LogP contribution in [-0.4, -0.2) is 35.6 Å². The maximum atomic E-state index is 12.5. The van der Waals surface area contributed by atoms with Gasteiger partial charge in [0.1, 0.15) is 6.04 Å². The van der Waals surface area contributed by atoms with E-state index in [2.05, 4.69) is 10.6 Å². The number of hydrogen-bond acceptors (Lipinski definition) is 3. The third kappa shape index (κ3) is 3.31. The number of aliphatic hydroxyl groups is 1. The van der Waals surface area contributed by atoms with E-state index in [0.29, 0.717) is 11.5 Å². The van der Waals surface area contributed by atoms with Gasteiger partial charge in [-0.15, -0.1) is 0 Å². The van der Waals surface area contributed by atoms with Gasteiger partial charge < -0.3 is 15.7 Å². The van der Waals surface area contributed by atoms with E-state index >= 15 is 0 Å². The monoisotopic (exact) mass is 352 g/mol. The van der Waals surface area contributed by atoms with Crippen molar-refractivity contribution in [2.75, 3.05) is 6.61 Å². The molecule has 2 aliphatic carbocycles. The minimum atomic E-state index is -0.923. The van der Waals surface area contributed by atoms with Crippen molar-refractivity contribution in [2.45, 2.75) is 37.8 Å². The van der Waals surface area contributed by atoms with Gasteiger partial charge in [0.15, 0.2) is 0 Å². The van der Waals surface area contributed by atoms with Gasteiger partial charge in [-0.2, -0.15) is 0 Å². The SMILES string of the molecule is O=C(N[C@@H](CO)C(=O)NC1CC2CCC1C2)c1ccc2ccccc2c1. The number of aliphatic hydroxyl groups excluding tert-OH is 1. The van der Waals surface area contributed by atoms with Crippen molar-refractivity contribution >= 4 is 22.6 Å². The number of amides is 2. The normalized spacial score (nSPS) is 25.2. The van der Waals surface area contributed by atoms with Crippen LogP contribution in [0.2, 0.25) is 0 Å². The molecule has 2 aromatic carbocycles. The summed E-state index contributed by atoms with van der Waals surface area (Å²) in [6.07, 6.45) is 4.65. The summed E-state index contributed by atoms with van der Waals surface area (Å²) >= 11 is 0. The average Bonchev–Trinajstić information content (AvgIpc) is 3.28. The molecule has 3 N–H and O–H groups in total. The van der Waals surface area contributed by atoms with E-state index < -0.39 is 12.6 Å². The molecule has 5 heteroatoms. The third-order valence-electron chi connectivity index (χ3n) is 5.88. The maximum Gasteiger partial charge on any atom is 0.252 e. The second-order valence-corrected chi connectivity index (χ2v) is 7.56. The molecule has 4 rings (SSSR count). The van der Waals surface area contributed by atoms with E-state index in [1.54, 1.807) is 12.1 Å². The Morgan fingerprint density at radius 3 is 2.58 bits per heavy atom. The number of rotatable bonds is 5. The molecule has 136 valence electrons. The first-order valence-corrected chi connectivity index (χ1v) is 9.35. The number of fused-ring (bicyclic) bond motifs is 3. The highest BCUT2D eigenvalue weighted by Crippen LogP contribution is 2.44. The Labute approximate surface area is 152 Å². The Morgan fingerprint density at radius 1 is 1.08 bits per heavy atom. The summed E-state index contributed by atoms with van der Waals surface area (Å²) < 4.78 is 0. The van der Waals surface area contributed by atoms with Crippen LogP contribution >= 0.6 is 0 Å². The van der Waals surface area contributed by atoms with Gasteiger partial charge in [-0.05, 0) is 54.0 Å². The highest BCUT2D eigenvalue weighted by Gasteiger charge is 2.40. The predicted molar refractivity (Wildman–Crippen MR) is 99.7 cm³/mol. The summed E-state index contributed by atoms with van der Waals surface area (Å²) in [7, 11) is 0. The molecule has 4 atom stereocenters. The predicted octanol–water partition coefficient (Wildman–Crippen LogP) is 2.24. The molecule has 3 unspecified atom stereocenters. The summed E-state index contributed by atoms with van der Waals surface area (Å²) in [4.78, 5) is 25.0. The highest BCUT2D eigenvalue weighted by atomic mass is 16.3. The molecule has 0 saturated heterocycles. The van der Waals surface area contributed by atoms with Gasteiger partial charge in [-0.25, -0.2) is 0 Å². The van der Waals surface area contributed by atoms with Crippen LogP contribution in [0.3, 0.4) is 0 Å². The zero-order valence-corrected chi connectivity index (χ0v) is 14.7. The summed E-state index contributed by atoms with van der Waals surface area (Å²) in [5.74, 6) is 0.640. The largest absolute Gasteiger partial charge is 0.394 e. The van der Waals surface area contributed by atoms with Crippen LogP contribution < -0.4 is 10.6 Å². The van der Waals surface area contributed by atoms with E-state index in [4.69, 9.17) is 0 Å².